The highest BCUT2D eigenvalue weighted by atomic mass is 15.2. The summed E-state index contributed by atoms with van der Waals surface area (Å²) in [6.07, 6.45) is 0.991. The van der Waals surface area contributed by atoms with Crippen molar-refractivity contribution < 1.29 is 0 Å². The quantitative estimate of drug-likeness (QED) is 0.346. The first-order chi connectivity index (χ1) is 12.9. The fraction of sp³-hybridized carbons (Fsp3) is 0.0400. The van der Waals surface area contributed by atoms with Crippen LogP contribution in [0.25, 0.3) is 11.1 Å². The Balaban J connectivity index is 1.62. The van der Waals surface area contributed by atoms with Gasteiger partial charge in [-0.3, -0.25) is 0 Å². The van der Waals surface area contributed by atoms with Gasteiger partial charge in [0.1, 0.15) is 0 Å². The molecule has 0 saturated carbocycles. The molecule has 0 aromatic heterocycles. The Morgan fingerprint density at radius 3 is 1.58 bits per heavy atom. The van der Waals surface area contributed by atoms with Crippen LogP contribution in [0.5, 0.6) is 0 Å². The maximum atomic E-state index is 2.38. The molecule has 26 heavy (non-hydrogen) atoms. The maximum Gasteiger partial charge on any atom is 0.0497 e. The van der Waals surface area contributed by atoms with Crippen molar-refractivity contribution >= 4 is 17.1 Å². The van der Waals surface area contributed by atoms with Gasteiger partial charge >= 0.3 is 0 Å². The van der Waals surface area contributed by atoms with E-state index in [2.05, 4.69) is 108 Å². The van der Waals surface area contributed by atoms with Crippen LogP contribution in [0.4, 0.5) is 17.1 Å². The lowest BCUT2D eigenvalue weighted by Crippen LogP contribution is -2.18. The van der Waals surface area contributed by atoms with Crippen molar-refractivity contribution in [2.45, 2.75) is 6.42 Å². The molecule has 0 bridgehead atoms. The lowest BCUT2D eigenvalue weighted by molar-refractivity contribution is 1.09. The molecule has 1 heterocycles. The van der Waals surface area contributed by atoms with Crippen LogP contribution in [0.15, 0.2) is 103 Å². The number of anilines is 3. The van der Waals surface area contributed by atoms with Crippen LogP contribution in [0, 0.1) is 0 Å². The lowest BCUT2D eigenvalue weighted by Gasteiger charge is -2.33. The number of fused-ring (bicyclic) bond motifs is 2. The molecule has 0 saturated heterocycles. The van der Waals surface area contributed by atoms with Gasteiger partial charge in [-0.15, -0.1) is 0 Å². The summed E-state index contributed by atoms with van der Waals surface area (Å²) in [7, 11) is 0. The number of para-hydroxylation sites is 2. The minimum atomic E-state index is 0.991. The Labute approximate surface area is 154 Å². The van der Waals surface area contributed by atoms with Crippen molar-refractivity contribution in [2.75, 3.05) is 4.90 Å². The van der Waals surface area contributed by atoms with E-state index in [-0.39, 0.29) is 0 Å². The van der Waals surface area contributed by atoms with Gasteiger partial charge in [0, 0.05) is 23.5 Å². The van der Waals surface area contributed by atoms with Crippen molar-refractivity contribution in [2.24, 2.45) is 0 Å². The standard InChI is InChI=1S/C25H19N/c1-2-8-19(9-3-1)20-14-16-23(17-15-20)26-24-12-6-4-10-21(24)18-22-11-5-7-13-25(22)26/h1-17H,18H2. The topological polar surface area (TPSA) is 3.24 Å². The molecule has 0 radical (unpaired) electrons. The molecule has 5 rings (SSSR count). The summed E-state index contributed by atoms with van der Waals surface area (Å²) in [6.45, 7) is 0. The summed E-state index contributed by atoms with van der Waals surface area (Å²) in [4.78, 5) is 2.38. The largest absolute Gasteiger partial charge is 0.310 e. The molecule has 0 unspecified atom stereocenters. The zero-order valence-corrected chi connectivity index (χ0v) is 14.5. The van der Waals surface area contributed by atoms with Gasteiger partial charge in [0.25, 0.3) is 0 Å². The third-order valence-corrected chi connectivity index (χ3v) is 5.08. The summed E-state index contributed by atoms with van der Waals surface area (Å²) in [5, 5.41) is 0. The van der Waals surface area contributed by atoms with Gasteiger partial charge in [-0.2, -0.15) is 0 Å². The molecule has 1 aliphatic heterocycles. The van der Waals surface area contributed by atoms with Gasteiger partial charge in [0.2, 0.25) is 0 Å². The number of hydrogen-bond acceptors (Lipinski definition) is 1. The number of rotatable bonds is 2. The molecule has 1 aliphatic rings. The van der Waals surface area contributed by atoms with Gasteiger partial charge in [0.05, 0.1) is 0 Å². The molecular weight excluding hydrogens is 314 g/mol. The molecule has 0 atom stereocenters. The SMILES string of the molecule is c1ccc(-c2ccc(N3c4ccccc4Cc4ccccc43)cc2)cc1. The van der Waals surface area contributed by atoms with Crippen molar-refractivity contribution in [3.8, 4) is 11.1 Å². The van der Waals surface area contributed by atoms with Crippen molar-refractivity contribution in [1.82, 2.24) is 0 Å². The highest BCUT2D eigenvalue weighted by Crippen LogP contribution is 2.43. The van der Waals surface area contributed by atoms with Gasteiger partial charge in [0.15, 0.2) is 0 Å². The summed E-state index contributed by atoms with van der Waals surface area (Å²) in [5.74, 6) is 0. The van der Waals surface area contributed by atoms with Gasteiger partial charge in [-0.05, 0) is 46.5 Å². The van der Waals surface area contributed by atoms with Crippen LogP contribution in [0.2, 0.25) is 0 Å². The number of hydrogen-bond donors (Lipinski definition) is 0. The van der Waals surface area contributed by atoms with E-state index in [1.807, 2.05) is 0 Å². The second kappa shape index (κ2) is 6.20. The molecule has 1 nitrogen and oxygen atoms in total. The Kier molecular flexibility index (Phi) is 3.57. The summed E-state index contributed by atoms with van der Waals surface area (Å²) in [6, 6.07) is 36.8. The smallest absolute Gasteiger partial charge is 0.0497 e. The molecule has 0 aliphatic carbocycles. The van der Waals surface area contributed by atoms with E-state index in [1.54, 1.807) is 0 Å². The van der Waals surface area contributed by atoms with E-state index < -0.39 is 0 Å². The number of nitrogens with zero attached hydrogens (tertiary/aromatic N) is 1. The van der Waals surface area contributed by atoms with Crippen molar-refractivity contribution in [3.63, 3.8) is 0 Å². The van der Waals surface area contributed by atoms with Gasteiger partial charge in [-0.25, -0.2) is 0 Å². The number of benzene rings is 4. The zero-order chi connectivity index (χ0) is 17.3. The first-order valence-corrected chi connectivity index (χ1v) is 9.01. The predicted molar refractivity (Wildman–Crippen MR) is 109 cm³/mol. The Bertz CT molecular complexity index is 1000. The first-order valence-electron chi connectivity index (χ1n) is 9.01. The summed E-state index contributed by atoms with van der Waals surface area (Å²) in [5.41, 5.74) is 8.99. The third-order valence-electron chi connectivity index (χ3n) is 5.08. The molecule has 4 aromatic rings. The van der Waals surface area contributed by atoms with Crippen LogP contribution in [-0.2, 0) is 6.42 Å². The Morgan fingerprint density at radius 1 is 0.462 bits per heavy atom. The molecule has 124 valence electrons. The average molecular weight is 333 g/mol. The molecular formula is C25H19N. The monoisotopic (exact) mass is 333 g/mol. The highest BCUT2D eigenvalue weighted by molar-refractivity contribution is 5.84. The fourth-order valence-corrected chi connectivity index (χ4v) is 3.80. The van der Waals surface area contributed by atoms with Crippen LogP contribution >= 0.6 is 0 Å². The molecule has 0 spiro atoms. The molecule has 4 aromatic carbocycles. The van der Waals surface area contributed by atoms with E-state index in [9.17, 15) is 0 Å². The van der Waals surface area contributed by atoms with E-state index >= 15 is 0 Å². The second-order valence-electron chi connectivity index (χ2n) is 6.68. The summed E-state index contributed by atoms with van der Waals surface area (Å²) >= 11 is 0. The third kappa shape index (κ3) is 2.49. The van der Waals surface area contributed by atoms with Gasteiger partial charge < -0.3 is 4.90 Å². The van der Waals surface area contributed by atoms with Crippen LogP contribution in [0.3, 0.4) is 0 Å². The lowest BCUT2D eigenvalue weighted by atomic mass is 9.95. The maximum absolute atomic E-state index is 2.38. The molecule has 1 heteroatoms. The van der Waals surface area contributed by atoms with Crippen molar-refractivity contribution in [3.05, 3.63) is 114 Å². The van der Waals surface area contributed by atoms with Crippen LogP contribution in [-0.4, -0.2) is 0 Å². The molecule has 0 fully saturated rings. The second-order valence-corrected chi connectivity index (χ2v) is 6.68. The molecule has 0 N–H and O–H groups in total. The minimum Gasteiger partial charge on any atom is -0.310 e. The normalized spacial score (nSPS) is 12.4. The predicted octanol–water partition coefficient (Wildman–Crippen LogP) is 6.73. The zero-order valence-electron chi connectivity index (χ0n) is 14.5. The van der Waals surface area contributed by atoms with Gasteiger partial charge in [-0.1, -0.05) is 78.9 Å². The van der Waals surface area contributed by atoms with E-state index in [1.165, 1.54) is 39.3 Å². The van der Waals surface area contributed by atoms with Crippen LogP contribution < -0.4 is 4.90 Å². The Hall–Kier alpha value is -3.32. The fourth-order valence-electron chi connectivity index (χ4n) is 3.80. The van der Waals surface area contributed by atoms with Crippen LogP contribution in [0.1, 0.15) is 11.1 Å². The first kappa shape index (κ1) is 15.0. The highest BCUT2D eigenvalue weighted by Gasteiger charge is 2.23. The Morgan fingerprint density at radius 2 is 0.962 bits per heavy atom. The van der Waals surface area contributed by atoms with E-state index in [4.69, 9.17) is 0 Å². The van der Waals surface area contributed by atoms with Crippen molar-refractivity contribution in [1.29, 1.82) is 0 Å². The van der Waals surface area contributed by atoms with E-state index in [0.29, 0.717) is 0 Å². The minimum absolute atomic E-state index is 0.991. The average Bonchev–Trinajstić information content (AvgIpc) is 2.73. The summed E-state index contributed by atoms with van der Waals surface area (Å²) < 4.78 is 0. The molecule has 0 amide bonds. The van der Waals surface area contributed by atoms with E-state index in [0.717, 1.165) is 6.42 Å².